The molecule has 0 unspecified atom stereocenters. The fourth-order valence-corrected chi connectivity index (χ4v) is 5.13. The monoisotopic (exact) mass is 413 g/mol. The van der Waals surface area contributed by atoms with Crippen molar-refractivity contribution < 1.29 is 9.53 Å². The van der Waals surface area contributed by atoms with Crippen molar-refractivity contribution in [1.82, 2.24) is 9.88 Å². The van der Waals surface area contributed by atoms with E-state index >= 15 is 0 Å². The van der Waals surface area contributed by atoms with Gasteiger partial charge in [0.2, 0.25) is 0 Å². The zero-order chi connectivity index (χ0) is 19.5. The van der Waals surface area contributed by atoms with Crippen LogP contribution in [-0.2, 0) is 11.3 Å². The van der Waals surface area contributed by atoms with Crippen molar-refractivity contribution in [3.05, 3.63) is 57.2 Å². The van der Waals surface area contributed by atoms with Gasteiger partial charge in [-0.2, -0.15) is 11.3 Å². The molecule has 1 saturated heterocycles. The minimum atomic E-state index is 0.0215. The van der Waals surface area contributed by atoms with E-state index in [9.17, 15) is 4.79 Å². The number of thiazole rings is 1. The molecule has 1 amide bonds. The molecule has 28 heavy (non-hydrogen) atoms. The first-order valence-electron chi connectivity index (χ1n) is 9.29. The van der Waals surface area contributed by atoms with Crippen molar-refractivity contribution >= 4 is 34.3 Å². The minimum absolute atomic E-state index is 0.0215. The Kier molecular flexibility index (Phi) is 5.75. The zero-order valence-electron chi connectivity index (χ0n) is 16.1. The van der Waals surface area contributed by atoms with E-state index in [0.29, 0.717) is 11.4 Å². The van der Waals surface area contributed by atoms with Crippen molar-refractivity contribution in [3.63, 3.8) is 0 Å². The molecule has 0 N–H and O–H groups in total. The van der Waals surface area contributed by atoms with Gasteiger partial charge in [-0.15, -0.1) is 11.3 Å². The maximum absolute atomic E-state index is 13.1. The molecule has 2 aromatic heterocycles. The summed E-state index contributed by atoms with van der Waals surface area (Å²) in [7, 11) is 1.86. The zero-order valence-corrected chi connectivity index (χ0v) is 17.7. The van der Waals surface area contributed by atoms with E-state index < -0.39 is 0 Å². The van der Waals surface area contributed by atoms with E-state index in [1.807, 2.05) is 31.5 Å². The number of nitrogens with zero attached hydrogens (tertiary/aromatic N) is 3. The topological polar surface area (TPSA) is 45.7 Å². The summed E-state index contributed by atoms with van der Waals surface area (Å²) in [6, 6.07) is 10.4. The van der Waals surface area contributed by atoms with Crippen LogP contribution < -0.4 is 4.90 Å². The first-order valence-corrected chi connectivity index (χ1v) is 11.1. The number of carbonyl (C=O) groups excluding carboxylic acids is 1. The molecule has 1 aromatic carbocycles. The number of rotatable bonds is 5. The van der Waals surface area contributed by atoms with Gasteiger partial charge in [0, 0.05) is 43.3 Å². The van der Waals surface area contributed by atoms with Gasteiger partial charge >= 0.3 is 0 Å². The molecule has 0 bridgehead atoms. The molecule has 0 radical (unpaired) electrons. The van der Waals surface area contributed by atoms with Gasteiger partial charge in [-0.25, -0.2) is 4.98 Å². The summed E-state index contributed by atoms with van der Waals surface area (Å²) in [5.74, 6) is 0.0215. The summed E-state index contributed by atoms with van der Waals surface area (Å²) >= 11 is 3.11. The van der Waals surface area contributed by atoms with E-state index in [-0.39, 0.29) is 5.91 Å². The molecule has 3 heterocycles. The van der Waals surface area contributed by atoms with Crippen LogP contribution in [-0.4, -0.2) is 49.1 Å². The van der Waals surface area contributed by atoms with E-state index in [4.69, 9.17) is 4.74 Å². The van der Waals surface area contributed by atoms with Gasteiger partial charge in [0.15, 0.2) is 0 Å². The smallest absolute Gasteiger partial charge is 0.265 e. The summed E-state index contributed by atoms with van der Waals surface area (Å²) in [5.41, 5.74) is 4.22. The van der Waals surface area contributed by atoms with Crippen LogP contribution in [0.5, 0.6) is 0 Å². The first kappa shape index (κ1) is 19.1. The Morgan fingerprint density at radius 2 is 2.04 bits per heavy atom. The van der Waals surface area contributed by atoms with Crippen molar-refractivity contribution in [2.45, 2.75) is 13.5 Å². The van der Waals surface area contributed by atoms with Gasteiger partial charge in [-0.05, 0) is 30.0 Å². The fourth-order valence-electron chi connectivity index (χ4n) is 3.36. The quantitative estimate of drug-likeness (QED) is 0.626. The van der Waals surface area contributed by atoms with Gasteiger partial charge < -0.3 is 14.5 Å². The number of ether oxygens (including phenoxy) is 1. The Morgan fingerprint density at radius 1 is 1.25 bits per heavy atom. The minimum Gasteiger partial charge on any atom is -0.378 e. The van der Waals surface area contributed by atoms with Crippen molar-refractivity contribution in [2.24, 2.45) is 0 Å². The number of hydrogen-bond acceptors (Lipinski definition) is 6. The van der Waals surface area contributed by atoms with Crippen molar-refractivity contribution in [2.75, 3.05) is 38.3 Å². The third-order valence-electron chi connectivity index (χ3n) is 4.86. The number of amides is 1. The molecular weight excluding hydrogens is 390 g/mol. The molecule has 7 heteroatoms. The van der Waals surface area contributed by atoms with Crippen molar-refractivity contribution in [1.29, 1.82) is 0 Å². The number of thiophene rings is 1. The van der Waals surface area contributed by atoms with Gasteiger partial charge in [0.1, 0.15) is 9.88 Å². The largest absolute Gasteiger partial charge is 0.378 e. The van der Waals surface area contributed by atoms with Crippen LogP contribution in [0.1, 0.15) is 20.9 Å². The Hall–Kier alpha value is -2.22. The van der Waals surface area contributed by atoms with Crippen LogP contribution in [0, 0.1) is 6.92 Å². The molecule has 3 aromatic rings. The van der Waals surface area contributed by atoms with Crippen LogP contribution in [0.4, 0.5) is 5.69 Å². The number of hydrogen-bond donors (Lipinski definition) is 0. The number of benzene rings is 1. The second-order valence-corrected chi connectivity index (χ2v) is 8.61. The average molecular weight is 414 g/mol. The van der Waals surface area contributed by atoms with Crippen LogP contribution >= 0.6 is 22.7 Å². The van der Waals surface area contributed by atoms with Crippen LogP contribution in [0.2, 0.25) is 0 Å². The Labute approximate surface area is 173 Å². The number of aryl methyl sites for hydroxylation is 1. The lowest BCUT2D eigenvalue weighted by Gasteiger charge is -2.31. The van der Waals surface area contributed by atoms with Gasteiger partial charge in [0.05, 0.1) is 18.9 Å². The summed E-state index contributed by atoms with van der Waals surface area (Å²) in [5, 5.41) is 5.00. The van der Waals surface area contributed by atoms with E-state index in [1.54, 1.807) is 16.2 Å². The molecule has 4 rings (SSSR count). The lowest BCUT2D eigenvalue weighted by atomic mass is 10.1. The highest BCUT2D eigenvalue weighted by molar-refractivity contribution is 7.17. The molecule has 1 aliphatic rings. The summed E-state index contributed by atoms with van der Waals surface area (Å²) in [6.07, 6.45) is 0. The van der Waals surface area contributed by atoms with Crippen LogP contribution in [0.3, 0.4) is 0 Å². The van der Waals surface area contributed by atoms with Crippen LogP contribution in [0.25, 0.3) is 10.6 Å². The standard InChI is InChI=1S/C21H23N3O2S2/c1-15-19(28-20(22-15)17-7-12-27-14-17)21(25)23(2)13-16-5-3-4-6-18(16)24-8-10-26-11-9-24/h3-7,12,14H,8-11,13H2,1-2H3. The Balaban J connectivity index is 1.53. The highest BCUT2D eigenvalue weighted by atomic mass is 32.1. The first-order chi connectivity index (χ1) is 13.6. The highest BCUT2D eigenvalue weighted by Crippen LogP contribution is 2.30. The summed E-state index contributed by atoms with van der Waals surface area (Å²) < 4.78 is 5.47. The second-order valence-electron chi connectivity index (χ2n) is 6.83. The van der Waals surface area contributed by atoms with E-state index in [1.165, 1.54) is 17.0 Å². The molecule has 0 aliphatic carbocycles. The molecule has 1 aliphatic heterocycles. The Bertz CT molecular complexity index is 946. The normalized spacial score (nSPS) is 14.3. The number of morpholine rings is 1. The molecule has 146 valence electrons. The number of para-hydroxylation sites is 1. The average Bonchev–Trinajstić information content (AvgIpc) is 3.38. The van der Waals surface area contributed by atoms with Gasteiger partial charge in [0.25, 0.3) is 5.91 Å². The highest BCUT2D eigenvalue weighted by Gasteiger charge is 2.22. The molecule has 0 atom stereocenters. The predicted octanol–water partition coefficient (Wildman–Crippen LogP) is 4.29. The maximum Gasteiger partial charge on any atom is 0.265 e. The third-order valence-corrected chi connectivity index (χ3v) is 6.73. The van der Waals surface area contributed by atoms with Gasteiger partial charge in [-0.1, -0.05) is 18.2 Å². The number of anilines is 1. The lowest BCUT2D eigenvalue weighted by molar-refractivity contribution is 0.0788. The molecule has 5 nitrogen and oxygen atoms in total. The summed E-state index contributed by atoms with van der Waals surface area (Å²) in [4.78, 5) is 22.6. The van der Waals surface area contributed by atoms with Gasteiger partial charge in [-0.3, -0.25) is 4.79 Å². The fraction of sp³-hybridized carbons (Fsp3) is 0.333. The number of carbonyl (C=O) groups is 1. The predicted molar refractivity (Wildman–Crippen MR) is 115 cm³/mol. The second kappa shape index (κ2) is 8.43. The lowest BCUT2D eigenvalue weighted by Crippen LogP contribution is -2.37. The van der Waals surface area contributed by atoms with Crippen LogP contribution in [0.15, 0.2) is 41.1 Å². The molecule has 0 spiro atoms. The van der Waals surface area contributed by atoms with E-state index in [0.717, 1.165) is 48.1 Å². The summed E-state index contributed by atoms with van der Waals surface area (Å²) in [6.45, 7) is 5.73. The molecule has 1 fully saturated rings. The maximum atomic E-state index is 13.1. The molecule has 0 saturated carbocycles. The van der Waals surface area contributed by atoms with E-state index in [2.05, 4.69) is 33.5 Å². The SMILES string of the molecule is Cc1nc(-c2ccsc2)sc1C(=O)N(C)Cc1ccccc1N1CCOCC1. The molecular formula is C21H23N3O2S2. The number of aromatic nitrogens is 1. The Morgan fingerprint density at radius 3 is 2.79 bits per heavy atom. The third kappa shape index (κ3) is 3.97. The van der Waals surface area contributed by atoms with Crippen molar-refractivity contribution in [3.8, 4) is 10.6 Å².